The summed E-state index contributed by atoms with van der Waals surface area (Å²) in [6.45, 7) is 2.28. The van der Waals surface area contributed by atoms with Crippen molar-refractivity contribution in [1.29, 1.82) is 0 Å². The van der Waals surface area contributed by atoms with Crippen LogP contribution >= 0.6 is 22.4 Å². The highest BCUT2D eigenvalue weighted by Gasteiger charge is 2.12. The summed E-state index contributed by atoms with van der Waals surface area (Å²) in [7, 11) is -1.85. The van der Waals surface area contributed by atoms with Gasteiger partial charge in [-0.25, -0.2) is 21.6 Å². The van der Waals surface area contributed by atoms with E-state index in [9.17, 15) is 16.8 Å². The number of hydrogen-bond donors (Lipinski definition) is 1. The topological polar surface area (TPSA) is 80.3 Å². The molecule has 1 N–H and O–H groups in total. The van der Waals surface area contributed by atoms with Crippen LogP contribution in [0.15, 0.2) is 34.1 Å². The van der Waals surface area contributed by atoms with Crippen molar-refractivity contribution in [3.8, 4) is 0 Å². The molecule has 0 atom stereocenters. The van der Waals surface area contributed by atoms with Gasteiger partial charge in [-0.1, -0.05) is 6.92 Å². The summed E-state index contributed by atoms with van der Waals surface area (Å²) < 4.78 is 47.7. The van der Waals surface area contributed by atoms with Crippen LogP contribution in [-0.2, 0) is 19.1 Å². The lowest BCUT2D eigenvalue weighted by Crippen LogP contribution is -2.24. The fourth-order valence-electron chi connectivity index (χ4n) is 1.29. The molecule has 0 aromatic heterocycles. The Hall–Kier alpha value is -0.280. The van der Waals surface area contributed by atoms with Gasteiger partial charge >= 0.3 is 0 Å². The second-order valence-electron chi connectivity index (χ2n) is 3.96. The van der Waals surface area contributed by atoms with Gasteiger partial charge in [0.2, 0.25) is 19.1 Å². The Morgan fingerprint density at radius 3 is 2.25 bits per heavy atom. The standard InChI is InChI=1S/C11H16ClNO4S3/c1-2-7-13-20(16,17)11-5-3-10(4-6-11)18-8-9-19(12,14)15/h3-6,13H,2,7-9H2,1H3. The zero-order valence-corrected chi connectivity index (χ0v) is 14.1. The summed E-state index contributed by atoms with van der Waals surface area (Å²) in [4.78, 5) is 0.986. The van der Waals surface area contributed by atoms with E-state index >= 15 is 0 Å². The van der Waals surface area contributed by atoms with E-state index < -0.39 is 19.1 Å². The Balaban J connectivity index is 2.65. The first-order valence-electron chi connectivity index (χ1n) is 5.89. The van der Waals surface area contributed by atoms with Gasteiger partial charge in [0.15, 0.2) is 0 Å². The van der Waals surface area contributed by atoms with Gasteiger partial charge in [-0.15, -0.1) is 11.8 Å². The summed E-state index contributed by atoms with van der Waals surface area (Å²) in [6.07, 6.45) is 0.722. The number of rotatable bonds is 8. The highest BCUT2D eigenvalue weighted by atomic mass is 35.7. The highest BCUT2D eigenvalue weighted by molar-refractivity contribution is 8.14. The van der Waals surface area contributed by atoms with E-state index in [0.717, 1.165) is 11.3 Å². The molecule has 5 nitrogen and oxygen atoms in total. The molecule has 0 spiro atoms. The van der Waals surface area contributed by atoms with Crippen LogP contribution in [0, 0.1) is 0 Å². The van der Waals surface area contributed by atoms with Crippen molar-refractivity contribution in [2.24, 2.45) is 0 Å². The lowest BCUT2D eigenvalue weighted by atomic mass is 10.4. The summed E-state index contributed by atoms with van der Waals surface area (Å²) in [5.74, 6) is 0.198. The molecule has 0 fully saturated rings. The first-order chi connectivity index (χ1) is 9.24. The Labute approximate surface area is 128 Å². The Morgan fingerprint density at radius 1 is 1.15 bits per heavy atom. The molecule has 0 unspecified atom stereocenters. The van der Waals surface area contributed by atoms with Crippen molar-refractivity contribution in [2.75, 3.05) is 18.1 Å². The average Bonchev–Trinajstić information content (AvgIpc) is 2.35. The fraction of sp³-hybridized carbons (Fsp3) is 0.455. The molecule has 0 aliphatic heterocycles. The van der Waals surface area contributed by atoms with Gasteiger partial charge in [-0.3, -0.25) is 0 Å². The van der Waals surface area contributed by atoms with E-state index in [1.807, 2.05) is 6.92 Å². The number of thioether (sulfide) groups is 1. The predicted molar refractivity (Wildman–Crippen MR) is 82.3 cm³/mol. The maximum Gasteiger partial charge on any atom is 0.240 e. The van der Waals surface area contributed by atoms with Gasteiger partial charge in [0.1, 0.15) is 0 Å². The smallest absolute Gasteiger partial charge is 0.212 e. The van der Waals surface area contributed by atoms with Gasteiger partial charge in [-0.2, -0.15) is 0 Å². The minimum atomic E-state index is -3.49. The molecule has 1 aromatic carbocycles. The lowest BCUT2D eigenvalue weighted by molar-refractivity contribution is 0.580. The maximum atomic E-state index is 11.8. The average molecular weight is 358 g/mol. The van der Waals surface area contributed by atoms with E-state index in [0.29, 0.717) is 12.3 Å². The summed E-state index contributed by atoms with van der Waals surface area (Å²) >= 11 is 1.31. The number of sulfonamides is 1. The molecule has 1 rings (SSSR count). The third kappa shape index (κ3) is 6.45. The van der Waals surface area contributed by atoms with Crippen LogP contribution in [0.5, 0.6) is 0 Å². The van der Waals surface area contributed by atoms with Gasteiger partial charge in [0, 0.05) is 27.9 Å². The molecule has 0 saturated carbocycles. The van der Waals surface area contributed by atoms with E-state index in [1.54, 1.807) is 12.1 Å². The van der Waals surface area contributed by atoms with Crippen LogP contribution in [0.3, 0.4) is 0 Å². The second-order valence-corrected chi connectivity index (χ2v) is 9.79. The summed E-state index contributed by atoms with van der Waals surface area (Å²) in [5.41, 5.74) is 0. The predicted octanol–water partition coefficient (Wildman–Crippen LogP) is 2.04. The molecule has 0 radical (unpaired) electrons. The SMILES string of the molecule is CCCNS(=O)(=O)c1ccc(SCCS(=O)(=O)Cl)cc1. The molecule has 20 heavy (non-hydrogen) atoms. The molecule has 0 aliphatic rings. The van der Waals surface area contributed by atoms with Gasteiger partial charge in [0.25, 0.3) is 0 Å². The molecular weight excluding hydrogens is 342 g/mol. The normalized spacial score (nSPS) is 12.5. The zero-order chi connectivity index (χ0) is 15.2. The molecule has 1 aromatic rings. The first kappa shape index (κ1) is 17.8. The number of benzene rings is 1. The number of halogens is 1. The van der Waals surface area contributed by atoms with Crippen LogP contribution in [0.25, 0.3) is 0 Å². The Bertz CT molecular complexity index is 626. The van der Waals surface area contributed by atoms with Crippen molar-refractivity contribution in [1.82, 2.24) is 4.72 Å². The number of hydrogen-bond acceptors (Lipinski definition) is 5. The van der Waals surface area contributed by atoms with Crippen LogP contribution in [0.1, 0.15) is 13.3 Å². The molecular formula is C11H16ClNO4S3. The molecule has 0 saturated heterocycles. The quantitative estimate of drug-likeness (QED) is 0.568. The molecule has 0 amide bonds. The number of nitrogens with one attached hydrogen (secondary N) is 1. The zero-order valence-electron chi connectivity index (χ0n) is 10.9. The molecule has 114 valence electrons. The fourth-order valence-corrected chi connectivity index (χ4v) is 4.69. The highest BCUT2D eigenvalue weighted by Crippen LogP contribution is 2.20. The van der Waals surface area contributed by atoms with Crippen molar-refractivity contribution >= 4 is 41.5 Å². The van der Waals surface area contributed by atoms with Gasteiger partial charge < -0.3 is 0 Å². The van der Waals surface area contributed by atoms with Crippen LogP contribution in [0.4, 0.5) is 0 Å². The van der Waals surface area contributed by atoms with E-state index in [1.165, 1.54) is 23.9 Å². The van der Waals surface area contributed by atoms with Gasteiger partial charge in [-0.05, 0) is 30.7 Å². The van der Waals surface area contributed by atoms with Crippen molar-refractivity contribution in [2.45, 2.75) is 23.1 Å². The van der Waals surface area contributed by atoms with Crippen molar-refractivity contribution in [3.05, 3.63) is 24.3 Å². The second kappa shape index (κ2) is 7.65. The summed E-state index contributed by atoms with van der Waals surface area (Å²) in [5, 5.41) is 0. The third-order valence-corrected chi connectivity index (χ3v) is 6.18. The molecule has 0 bridgehead atoms. The first-order valence-corrected chi connectivity index (χ1v) is 10.8. The van der Waals surface area contributed by atoms with E-state index in [4.69, 9.17) is 10.7 Å². The minimum Gasteiger partial charge on any atom is -0.212 e. The third-order valence-electron chi connectivity index (χ3n) is 2.27. The maximum absolute atomic E-state index is 11.8. The van der Waals surface area contributed by atoms with Crippen LogP contribution < -0.4 is 4.72 Å². The van der Waals surface area contributed by atoms with Crippen LogP contribution in [-0.4, -0.2) is 34.9 Å². The largest absolute Gasteiger partial charge is 0.240 e. The molecule has 0 heterocycles. The molecule has 0 aliphatic carbocycles. The van der Waals surface area contributed by atoms with Crippen LogP contribution in [0.2, 0.25) is 0 Å². The van der Waals surface area contributed by atoms with E-state index in [-0.39, 0.29) is 10.6 Å². The minimum absolute atomic E-state index is 0.128. The van der Waals surface area contributed by atoms with E-state index in [2.05, 4.69) is 4.72 Å². The lowest BCUT2D eigenvalue weighted by Gasteiger charge is -2.06. The monoisotopic (exact) mass is 357 g/mol. The Morgan fingerprint density at radius 2 is 1.75 bits per heavy atom. The Kier molecular flexibility index (Phi) is 6.80. The summed E-state index contributed by atoms with van der Waals surface area (Å²) in [6, 6.07) is 6.28. The van der Waals surface area contributed by atoms with Gasteiger partial charge in [0.05, 0.1) is 10.6 Å². The molecule has 9 heteroatoms. The van der Waals surface area contributed by atoms with Crippen molar-refractivity contribution in [3.63, 3.8) is 0 Å². The van der Waals surface area contributed by atoms with Crippen molar-refractivity contribution < 1.29 is 16.8 Å².